The molecule has 0 aliphatic carbocycles. The molecule has 3 amide bonds. The smallest absolute Gasteiger partial charge is 0.335 e. The maximum Gasteiger partial charge on any atom is 0.335 e. The van der Waals surface area contributed by atoms with Crippen LogP contribution in [-0.4, -0.2) is 71.7 Å². The van der Waals surface area contributed by atoms with Gasteiger partial charge in [0.05, 0.1) is 11.7 Å². The molecule has 2 aliphatic rings. The summed E-state index contributed by atoms with van der Waals surface area (Å²) in [6.45, 7) is 2.14. The van der Waals surface area contributed by atoms with Gasteiger partial charge >= 0.3 is 12.0 Å². The van der Waals surface area contributed by atoms with Gasteiger partial charge in [-0.15, -0.1) is 0 Å². The van der Waals surface area contributed by atoms with Crippen molar-refractivity contribution in [3.05, 3.63) is 35.4 Å². The number of nitrogens with zero attached hydrogens (tertiary/aromatic N) is 2. The van der Waals surface area contributed by atoms with Crippen LogP contribution >= 0.6 is 0 Å². The fourth-order valence-electron chi connectivity index (χ4n) is 3.62. The van der Waals surface area contributed by atoms with E-state index in [2.05, 4.69) is 5.32 Å². The third-order valence-electron chi connectivity index (χ3n) is 5.20. The van der Waals surface area contributed by atoms with Crippen LogP contribution in [0.1, 0.15) is 35.2 Å². The fraction of sp³-hybridized carbons (Fsp3) is 0.526. The first kappa shape index (κ1) is 19.2. The van der Waals surface area contributed by atoms with Crippen LogP contribution < -0.4 is 5.32 Å². The summed E-state index contributed by atoms with van der Waals surface area (Å²) in [5.74, 6) is -0.996. The molecule has 2 saturated heterocycles. The summed E-state index contributed by atoms with van der Waals surface area (Å²) < 4.78 is 5.38. The van der Waals surface area contributed by atoms with Crippen LogP contribution in [0.3, 0.4) is 0 Å². The summed E-state index contributed by atoms with van der Waals surface area (Å²) in [6, 6.07) is 5.52. The van der Waals surface area contributed by atoms with Gasteiger partial charge in [-0.2, -0.15) is 0 Å². The molecule has 0 bridgehead atoms. The van der Waals surface area contributed by atoms with Crippen molar-refractivity contribution in [2.45, 2.75) is 38.0 Å². The van der Waals surface area contributed by atoms with E-state index in [1.807, 2.05) is 4.90 Å². The summed E-state index contributed by atoms with van der Waals surface area (Å²) in [6.07, 6.45) is 2.37. The lowest BCUT2D eigenvalue weighted by molar-refractivity contribution is -0.134. The minimum atomic E-state index is -0.989. The molecular weight excluding hydrogens is 350 g/mol. The monoisotopic (exact) mass is 375 g/mol. The van der Waals surface area contributed by atoms with Crippen LogP contribution in [0.25, 0.3) is 0 Å². The second-order valence-corrected chi connectivity index (χ2v) is 6.95. The van der Waals surface area contributed by atoms with Gasteiger partial charge in [-0.25, -0.2) is 9.59 Å². The van der Waals surface area contributed by atoms with Gasteiger partial charge in [0.1, 0.15) is 6.04 Å². The van der Waals surface area contributed by atoms with Crippen LogP contribution in [-0.2, 0) is 16.1 Å². The number of carboxylic acid groups (broad SMARTS) is 1. The molecule has 0 spiro atoms. The first-order chi connectivity index (χ1) is 13.0. The predicted molar refractivity (Wildman–Crippen MR) is 97.4 cm³/mol. The molecule has 2 N–H and O–H groups in total. The van der Waals surface area contributed by atoms with E-state index in [0.717, 1.165) is 31.5 Å². The van der Waals surface area contributed by atoms with Gasteiger partial charge in [0.15, 0.2) is 0 Å². The molecular formula is C19H25N3O5. The van der Waals surface area contributed by atoms with Crippen molar-refractivity contribution in [2.75, 3.05) is 26.7 Å². The molecule has 8 nitrogen and oxygen atoms in total. The summed E-state index contributed by atoms with van der Waals surface area (Å²) >= 11 is 0. The van der Waals surface area contributed by atoms with Crippen LogP contribution in [0.4, 0.5) is 4.79 Å². The van der Waals surface area contributed by atoms with E-state index < -0.39 is 12.0 Å². The highest BCUT2D eigenvalue weighted by molar-refractivity contribution is 5.88. The Morgan fingerprint density at radius 1 is 1.19 bits per heavy atom. The number of amides is 3. The predicted octanol–water partition coefficient (Wildman–Crippen LogP) is 1.31. The molecule has 146 valence electrons. The number of carbonyl (C=O) groups is 3. The Balaban J connectivity index is 1.62. The lowest BCUT2D eigenvalue weighted by Gasteiger charge is -2.27. The summed E-state index contributed by atoms with van der Waals surface area (Å²) in [5, 5.41) is 11.8. The highest BCUT2D eigenvalue weighted by Crippen LogP contribution is 2.23. The Morgan fingerprint density at radius 2 is 1.85 bits per heavy atom. The number of hydrogen-bond acceptors (Lipinski definition) is 4. The van der Waals surface area contributed by atoms with E-state index in [4.69, 9.17) is 9.84 Å². The quantitative estimate of drug-likeness (QED) is 0.808. The lowest BCUT2D eigenvalue weighted by atomic mass is 10.1. The number of rotatable bonds is 5. The second-order valence-electron chi connectivity index (χ2n) is 6.95. The van der Waals surface area contributed by atoms with Crippen LogP contribution in [0.5, 0.6) is 0 Å². The molecule has 0 radical (unpaired) electrons. The molecule has 0 unspecified atom stereocenters. The molecule has 2 heterocycles. The van der Waals surface area contributed by atoms with Crippen LogP contribution in [0, 0.1) is 0 Å². The van der Waals surface area contributed by atoms with Gasteiger partial charge in [0, 0.05) is 39.7 Å². The molecule has 2 atom stereocenters. The number of aromatic carboxylic acids is 1. The largest absolute Gasteiger partial charge is 0.478 e. The van der Waals surface area contributed by atoms with E-state index in [9.17, 15) is 14.4 Å². The van der Waals surface area contributed by atoms with Gasteiger partial charge in [-0.3, -0.25) is 4.79 Å². The van der Waals surface area contributed by atoms with Crippen LogP contribution in [0.15, 0.2) is 24.3 Å². The molecule has 2 fully saturated rings. The maximum atomic E-state index is 12.8. The van der Waals surface area contributed by atoms with Gasteiger partial charge in [0.2, 0.25) is 5.91 Å². The molecule has 8 heteroatoms. The maximum absolute atomic E-state index is 12.8. The number of carbonyl (C=O) groups excluding carboxylic acids is 2. The number of hydrogen-bond donors (Lipinski definition) is 2. The third kappa shape index (κ3) is 4.39. The zero-order valence-corrected chi connectivity index (χ0v) is 15.4. The van der Waals surface area contributed by atoms with Crippen molar-refractivity contribution in [3.63, 3.8) is 0 Å². The Labute approximate surface area is 158 Å². The molecule has 1 aromatic rings. The van der Waals surface area contributed by atoms with Gasteiger partial charge in [-0.05, 0) is 30.5 Å². The topological polar surface area (TPSA) is 99.2 Å². The van der Waals surface area contributed by atoms with E-state index >= 15 is 0 Å². The average Bonchev–Trinajstić information content (AvgIpc) is 3.35. The SMILES string of the molecule is CO[C@H]1C[C@@H](C(=O)N2CCCC2)N(C(=O)NCc2ccc(C(=O)O)cc2)C1. The van der Waals surface area contributed by atoms with E-state index in [1.165, 1.54) is 12.1 Å². The van der Waals surface area contributed by atoms with E-state index in [0.29, 0.717) is 13.0 Å². The average molecular weight is 375 g/mol. The Bertz CT molecular complexity index is 700. The number of likely N-dealkylation sites (tertiary alicyclic amines) is 2. The summed E-state index contributed by atoms with van der Waals surface area (Å²) in [4.78, 5) is 39.8. The molecule has 3 rings (SSSR count). The number of methoxy groups -OCH3 is 1. The highest BCUT2D eigenvalue weighted by atomic mass is 16.5. The van der Waals surface area contributed by atoms with Crippen molar-refractivity contribution in [2.24, 2.45) is 0 Å². The molecule has 1 aromatic carbocycles. The van der Waals surface area contributed by atoms with Crippen molar-refractivity contribution >= 4 is 17.9 Å². The van der Waals surface area contributed by atoms with Gasteiger partial charge in [0.25, 0.3) is 0 Å². The number of benzene rings is 1. The summed E-state index contributed by atoms with van der Waals surface area (Å²) in [7, 11) is 1.59. The highest BCUT2D eigenvalue weighted by Gasteiger charge is 2.41. The Kier molecular flexibility index (Phi) is 5.95. The minimum absolute atomic E-state index is 0.00647. The second kappa shape index (κ2) is 8.39. The number of carboxylic acids is 1. The lowest BCUT2D eigenvalue weighted by Crippen LogP contribution is -2.50. The van der Waals surface area contributed by atoms with Gasteiger partial charge < -0.3 is 25.0 Å². The van der Waals surface area contributed by atoms with Crippen molar-refractivity contribution in [1.29, 1.82) is 0 Å². The molecule has 0 aromatic heterocycles. The van der Waals surface area contributed by atoms with Crippen molar-refractivity contribution in [3.8, 4) is 0 Å². The standard InChI is InChI=1S/C19H25N3O5/c1-27-15-10-16(17(23)21-8-2-3-9-21)22(12-15)19(26)20-11-13-4-6-14(7-5-13)18(24)25/h4-7,15-16H,2-3,8-12H2,1H3,(H,20,26)(H,24,25)/t15-,16-/m0/s1. The van der Waals surface area contributed by atoms with Crippen molar-refractivity contribution in [1.82, 2.24) is 15.1 Å². The van der Waals surface area contributed by atoms with E-state index in [-0.39, 0.29) is 30.2 Å². The van der Waals surface area contributed by atoms with Gasteiger partial charge in [-0.1, -0.05) is 12.1 Å². The third-order valence-corrected chi connectivity index (χ3v) is 5.20. The van der Waals surface area contributed by atoms with E-state index in [1.54, 1.807) is 24.1 Å². The molecule has 27 heavy (non-hydrogen) atoms. The molecule has 0 saturated carbocycles. The number of urea groups is 1. The number of ether oxygens (including phenoxy) is 1. The Hall–Kier alpha value is -2.61. The zero-order valence-electron chi connectivity index (χ0n) is 15.4. The fourth-order valence-corrected chi connectivity index (χ4v) is 3.62. The van der Waals surface area contributed by atoms with Crippen LogP contribution in [0.2, 0.25) is 0 Å². The number of nitrogens with one attached hydrogen (secondary N) is 1. The first-order valence-electron chi connectivity index (χ1n) is 9.18. The van der Waals surface area contributed by atoms with Crippen molar-refractivity contribution < 1.29 is 24.2 Å². The zero-order chi connectivity index (χ0) is 19.4. The normalized spacial score (nSPS) is 22.1. The summed E-state index contributed by atoms with van der Waals surface area (Å²) in [5.41, 5.74) is 0.988. The molecule has 2 aliphatic heterocycles. The first-order valence-corrected chi connectivity index (χ1v) is 9.18. The Morgan fingerprint density at radius 3 is 2.44 bits per heavy atom. The minimum Gasteiger partial charge on any atom is -0.478 e.